The highest BCUT2D eigenvalue weighted by molar-refractivity contribution is 6.46. The molecule has 0 aromatic heterocycles. The van der Waals surface area contributed by atoms with Crippen LogP contribution in [0.2, 0.25) is 0 Å². The molecule has 1 unspecified atom stereocenters. The van der Waals surface area contributed by atoms with E-state index in [0.717, 1.165) is 31.5 Å². The molecule has 9 nitrogen and oxygen atoms in total. The molecular formula is C33H44N2O7. The van der Waals surface area contributed by atoms with Gasteiger partial charge in [-0.15, -0.1) is 0 Å². The van der Waals surface area contributed by atoms with Crippen molar-refractivity contribution in [3.8, 4) is 17.2 Å². The molecule has 4 rings (SSSR count). The van der Waals surface area contributed by atoms with Crippen molar-refractivity contribution in [1.82, 2.24) is 9.80 Å². The lowest BCUT2D eigenvalue weighted by molar-refractivity contribution is -0.140. The number of morpholine rings is 1. The molecule has 2 aromatic rings. The lowest BCUT2D eigenvalue weighted by atomic mass is 9.94. The fraction of sp³-hybridized carbons (Fsp3) is 0.515. The normalized spacial score (nSPS) is 19.0. The van der Waals surface area contributed by atoms with Gasteiger partial charge in [0.1, 0.15) is 11.5 Å². The molecule has 1 atom stereocenters. The van der Waals surface area contributed by atoms with E-state index in [2.05, 4.69) is 18.7 Å². The highest BCUT2D eigenvalue weighted by Crippen LogP contribution is 2.42. The number of methoxy groups -OCH3 is 1. The average molecular weight is 581 g/mol. The predicted molar refractivity (Wildman–Crippen MR) is 161 cm³/mol. The summed E-state index contributed by atoms with van der Waals surface area (Å²) in [7, 11) is 1.56. The van der Waals surface area contributed by atoms with Gasteiger partial charge in [-0.2, -0.15) is 0 Å². The van der Waals surface area contributed by atoms with Gasteiger partial charge in [0.15, 0.2) is 11.5 Å². The smallest absolute Gasteiger partial charge is 0.295 e. The number of aliphatic hydroxyl groups is 1. The topological polar surface area (TPSA) is 97.8 Å². The van der Waals surface area contributed by atoms with Crippen molar-refractivity contribution in [2.45, 2.75) is 46.6 Å². The van der Waals surface area contributed by atoms with Crippen LogP contribution in [0.3, 0.4) is 0 Å². The molecule has 2 aliphatic heterocycles. The Morgan fingerprint density at radius 2 is 1.71 bits per heavy atom. The fourth-order valence-electron chi connectivity index (χ4n) is 5.24. The van der Waals surface area contributed by atoms with E-state index in [1.807, 2.05) is 19.9 Å². The van der Waals surface area contributed by atoms with Crippen LogP contribution in [-0.4, -0.2) is 86.3 Å². The lowest BCUT2D eigenvalue weighted by Crippen LogP contribution is -2.42. The Hall–Kier alpha value is -3.56. The Morgan fingerprint density at radius 3 is 2.38 bits per heavy atom. The Labute approximate surface area is 249 Å². The maximum atomic E-state index is 13.6. The molecular weight excluding hydrogens is 536 g/mol. The van der Waals surface area contributed by atoms with Crippen molar-refractivity contribution < 1.29 is 33.6 Å². The zero-order valence-corrected chi connectivity index (χ0v) is 25.5. The molecule has 9 heteroatoms. The van der Waals surface area contributed by atoms with E-state index in [4.69, 9.17) is 18.9 Å². The van der Waals surface area contributed by atoms with Crippen molar-refractivity contribution in [1.29, 1.82) is 0 Å². The minimum absolute atomic E-state index is 0.0548. The molecule has 2 heterocycles. The number of nitrogens with zero attached hydrogens (tertiary/aromatic N) is 2. The number of hydrogen-bond donors (Lipinski definition) is 1. The van der Waals surface area contributed by atoms with Crippen LogP contribution in [0, 0.1) is 12.8 Å². The van der Waals surface area contributed by atoms with Gasteiger partial charge in [-0.1, -0.05) is 26.8 Å². The summed E-state index contributed by atoms with van der Waals surface area (Å²) in [6.45, 7) is 13.0. The number of likely N-dealkylation sites (tertiary alicyclic amines) is 1. The molecule has 2 fully saturated rings. The van der Waals surface area contributed by atoms with Gasteiger partial charge in [0, 0.05) is 31.7 Å². The van der Waals surface area contributed by atoms with Crippen LogP contribution in [0.4, 0.5) is 0 Å². The third-order valence-corrected chi connectivity index (χ3v) is 7.67. The maximum absolute atomic E-state index is 13.6. The Morgan fingerprint density at radius 1 is 1.00 bits per heavy atom. The van der Waals surface area contributed by atoms with Crippen LogP contribution < -0.4 is 14.2 Å². The first kappa shape index (κ1) is 31.4. The van der Waals surface area contributed by atoms with E-state index >= 15 is 0 Å². The Balaban J connectivity index is 1.73. The van der Waals surface area contributed by atoms with Gasteiger partial charge in [0.2, 0.25) is 0 Å². The molecule has 0 spiro atoms. The van der Waals surface area contributed by atoms with Gasteiger partial charge in [-0.3, -0.25) is 14.5 Å². The van der Waals surface area contributed by atoms with E-state index < -0.39 is 17.7 Å². The zero-order chi connectivity index (χ0) is 30.2. The Kier molecular flexibility index (Phi) is 10.9. The summed E-state index contributed by atoms with van der Waals surface area (Å²) in [4.78, 5) is 30.8. The van der Waals surface area contributed by atoms with Crippen LogP contribution in [0.25, 0.3) is 5.76 Å². The van der Waals surface area contributed by atoms with Crippen molar-refractivity contribution >= 4 is 17.4 Å². The standard InChI is InChI=1S/C33H44N2O7/c1-6-16-41-26-9-8-25(20-23(26)4)31(36)29-30(24-7-10-27(28(21-24)39-5)42-17-11-22(2)3)35(33(38)32(29)37)13-12-34-14-18-40-19-15-34/h7-10,20-22,30,36H,6,11-19H2,1-5H3. The van der Waals surface area contributed by atoms with E-state index in [-0.39, 0.29) is 11.3 Å². The molecule has 0 radical (unpaired) electrons. The molecule has 1 N–H and O–H groups in total. The number of ether oxygens (including phenoxy) is 4. The summed E-state index contributed by atoms with van der Waals surface area (Å²) in [5, 5.41) is 11.6. The molecule has 0 aliphatic carbocycles. The van der Waals surface area contributed by atoms with Crippen molar-refractivity contribution in [3.63, 3.8) is 0 Å². The predicted octanol–water partition coefficient (Wildman–Crippen LogP) is 4.97. The number of amides is 1. The van der Waals surface area contributed by atoms with Gasteiger partial charge < -0.3 is 29.0 Å². The number of carbonyl (C=O) groups excluding carboxylic acids is 2. The second kappa shape index (κ2) is 14.6. The van der Waals surface area contributed by atoms with E-state index in [1.165, 1.54) is 0 Å². The SMILES string of the molecule is CCCOc1ccc(C(O)=C2C(=O)C(=O)N(CCN3CCOCC3)C2c2ccc(OCCC(C)C)c(OC)c2)cc1C. The minimum atomic E-state index is -0.791. The van der Waals surface area contributed by atoms with Gasteiger partial charge in [0.05, 0.1) is 45.2 Å². The summed E-state index contributed by atoms with van der Waals surface area (Å²) in [6.07, 6.45) is 1.77. The number of rotatable bonds is 13. The monoisotopic (exact) mass is 580 g/mol. The van der Waals surface area contributed by atoms with Crippen molar-refractivity contribution in [3.05, 3.63) is 58.7 Å². The zero-order valence-electron chi connectivity index (χ0n) is 25.5. The number of ketones is 1. The second-order valence-electron chi connectivity index (χ2n) is 11.2. The largest absolute Gasteiger partial charge is 0.507 e. The van der Waals surface area contributed by atoms with Crippen LogP contribution in [-0.2, 0) is 14.3 Å². The quantitative estimate of drug-likeness (QED) is 0.202. The number of aliphatic hydroxyl groups excluding tert-OH is 1. The van der Waals surface area contributed by atoms with E-state index in [1.54, 1.807) is 42.3 Å². The summed E-state index contributed by atoms with van der Waals surface area (Å²) in [5.41, 5.74) is 1.99. The molecule has 1 amide bonds. The third kappa shape index (κ3) is 7.25. The fourth-order valence-corrected chi connectivity index (χ4v) is 5.24. The van der Waals surface area contributed by atoms with Crippen LogP contribution in [0.5, 0.6) is 17.2 Å². The van der Waals surface area contributed by atoms with Crippen LogP contribution >= 0.6 is 0 Å². The maximum Gasteiger partial charge on any atom is 0.295 e. The Bertz CT molecular complexity index is 1280. The van der Waals surface area contributed by atoms with Crippen LogP contribution in [0.1, 0.15) is 56.3 Å². The molecule has 0 bridgehead atoms. The van der Waals surface area contributed by atoms with Crippen LogP contribution in [0.15, 0.2) is 42.0 Å². The number of Topliss-reactive ketones (excluding diaryl/α,β-unsaturated/α-hetero) is 1. The summed E-state index contributed by atoms with van der Waals surface area (Å²) < 4.78 is 22.9. The number of benzene rings is 2. The average Bonchev–Trinajstić information content (AvgIpc) is 3.24. The van der Waals surface area contributed by atoms with E-state index in [9.17, 15) is 14.7 Å². The van der Waals surface area contributed by atoms with E-state index in [0.29, 0.717) is 73.8 Å². The lowest BCUT2D eigenvalue weighted by Gasteiger charge is -2.31. The number of aryl methyl sites for hydroxylation is 1. The third-order valence-electron chi connectivity index (χ3n) is 7.67. The van der Waals surface area contributed by atoms with Crippen molar-refractivity contribution in [2.75, 3.05) is 59.7 Å². The summed E-state index contributed by atoms with van der Waals surface area (Å²) in [5.74, 6) is 0.749. The molecule has 42 heavy (non-hydrogen) atoms. The van der Waals surface area contributed by atoms with Gasteiger partial charge in [-0.25, -0.2) is 0 Å². The van der Waals surface area contributed by atoms with Crippen molar-refractivity contribution in [2.24, 2.45) is 5.92 Å². The highest BCUT2D eigenvalue weighted by Gasteiger charge is 2.46. The number of hydrogen-bond acceptors (Lipinski definition) is 8. The molecule has 2 aromatic carbocycles. The first-order chi connectivity index (χ1) is 20.2. The molecule has 2 aliphatic rings. The molecule has 2 saturated heterocycles. The van der Waals surface area contributed by atoms with Gasteiger partial charge >= 0.3 is 0 Å². The highest BCUT2D eigenvalue weighted by atomic mass is 16.5. The second-order valence-corrected chi connectivity index (χ2v) is 11.2. The number of carbonyl (C=O) groups is 2. The summed E-state index contributed by atoms with van der Waals surface area (Å²) in [6, 6.07) is 9.94. The molecule has 0 saturated carbocycles. The first-order valence-corrected chi connectivity index (χ1v) is 14.9. The van der Waals surface area contributed by atoms with Gasteiger partial charge in [-0.05, 0) is 67.1 Å². The molecule has 228 valence electrons. The minimum Gasteiger partial charge on any atom is -0.507 e. The summed E-state index contributed by atoms with van der Waals surface area (Å²) >= 11 is 0. The van der Waals surface area contributed by atoms with Gasteiger partial charge in [0.25, 0.3) is 11.7 Å². The first-order valence-electron chi connectivity index (χ1n) is 14.9.